The zero-order valence-corrected chi connectivity index (χ0v) is 28.8. The molecule has 1 saturated heterocycles. The van der Waals surface area contributed by atoms with Gasteiger partial charge in [0.2, 0.25) is 10.0 Å². The number of benzene rings is 2. The lowest BCUT2D eigenvalue weighted by molar-refractivity contribution is -0.605. The highest BCUT2D eigenvalue weighted by atomic mass is 35.5. The lowest BCUT2D eigenvalue weighted by atomic mass is 10.0. The number of nitrogens with zero attached hydrogens (tertiary/aromatic N) is 3. The summed E-state index contributed by atoms with van der Waals surface area (Å²) >= 11 is 13.7. The van der Waals surface area contributed by atoms with E-state index in [0.29, 0.717) is 4.73 Å². The van der Waals surface area contributed by atoms with Crippen molar-refractivity contribution in [3.63, 3.8) is 0 Å². The Morgan fingerprint density at radius 2 is 1.81 bits per heavy atom. The van der Waals surface area contributed by atoms with Crippen LogP contribution in [0.2, 0.25) is 10.0 Å². The fraction of sp³-hybridized carbons (Fsp3) is 0.387. The number of carbonyl (C=O) groups is 2. The number of alkyl halides is 2. The van der Waals surface area contributed by atoms with E-state index in [1.807, 2.05) is 0 Å². The Labute approximate surface area is 290 Å². The van der Waals surface area contributed by atoms with Crippen LogP contribution in [0.3, 0.4) is 0 Å². The van der Waals surface area contributed by atoms with Gasteiger partial charge < -0.3 is 24.3 Å². The van der Waals surface area contributed by atoms with E-state index in [-0.39, 0.29) is 74.4 Å². The van der Waals surface area contributed by atoms with Crippen molar-refractivity contribution >= 4 is 56.9 Å². The largest absolute Gasteiger partial charge is 0.619 e. The first-order valence-electron chi connectivity index (χ1n) is 14.7. The van der Waals surface area contributed by atoms with Gasteiger partial charge in [0.1, 0.15) is 16.1 Å². The highest BCUT2D eigenvalue weighted by Gasteiger charge is 2.42. The third-order valence-electron chi connectivity index (χ3n) is 7.58. The predicted molar refractivity (Wildman–Crippen MR) is 174 cm³/mol. The zero-order chi connectivity index (χ0) is 34.7. The van der Waals surface area contributed by atoms with Gasteiger partial charge in [0.25, 0.3) is 5.91 Å². The Hall–Kier alpha value is -3.37. The predicted octanol–water partition coefficient (Wildman–Crippen LogP) is 5.31. The van der Waals surface area contributed by atoms with E-state index >= 15 is 0 Å². The molecule has 0 radical (unpaired) electrons. The molecule has 5 rings (SSSR count). The zero-order valence-electron chi connectivity index (χ0n) is 25.7. The number of amides is 1. The van der Waals surface area contributed by atoms with Gasteiger partial charge in [-0.15, -0.1) is 11.8 Å². The molecule has 2 fully saturated rings. The highest BCUT2D eigenvalue weighted by molar-refractivity contribution is 8.02. The number of carbonyl (C=O) groups excluding carboxylic acids is 2. The molecule has 2 heterocycles. The number of hydrogen-bond acceptors (Lipinski definition) is 9. The summed E-state index contributed by atoms with van der Waals surface area (Å²) in [6, 6.07) is 9.59. The summed E-state index contributed by atoms with van der Waals surface area (Å²) in [7, 11) is -1.19. The fourth-order valence-electron chi connectivity index (χ4n) is 4.93. The lowest BCUT2D eigenvalue weighted by Crippen LogP contribution is -2.40. The van der Waals surface area contributed by atoms with Crippen molar-refractivity contribution in [1.29, 1.82) is 0 Å². The SMILES string of the molecule is CN(C)C(=O)c1cccc(S(=O)(=O)N2CCSC2C(=O)O[C@@H](Cc2c(Cl)c[n+]([O-])cc2Cl)c2ccc(OC(F)F)c(OCC3CC3)c2)c1. The normalized spacial score (nSPS) is 17.3. The van der Waals surface area contributed by atoms with Crippen molar-refractivity contribution in [1.82, 2.24) is 9.21 Å². The molecule has 1 saturated carbocycles. The first-order valence-corrected chi connectivity index (χ1v) is 17.9. The number of rotatable bonds is 13. The van der Waals surface area contributed by atoms with Gasteiger partial charge in [-0.1, -0.05) is 35.3 Å². The molecule has 0 bridgehead atoms. The van der Waals surface area contributed by atoms with E-state index < -0.39 is 40.0 Å². The summed E-state index contributed by atoms with van der Waals surface area (Å²) in [5.41, 5.74) is 0.693. The first-order chi connectivity index (χ1) is 22.7. The van der Waals surface area contributed by atoms with Gasteiger partial charge in [0, 0.05) is 43.9 Å². The van der Waals surface area contributed by atoms with Crippen LogP contribution < -0.4 is 14.2 Å². The topological polar surface area (TPSA) is 129 Å². The van der Waals surface area contributed by atoms with Crippen molar-refractivity contribution in [2.24, 2.45) is 5.92 Å². The van der Waals surface area contributed by atoms with Crippen molar-refractivity contribution in [3.8, 4) is 11.5 Å². The molecule has 1 amide bonds. The molecule has 0 spiro atoms. The van der Waals surface area contributed by atoms with E-state index in [0.717, 1.165) is 41.3 Å². The van der Waals surface area contributed by atoms with Crippen LogP contribution in [0.15, 0.2) is 59.8 Å². The number of halogens is 4. The Morgan fingerprint density at radius 1 is 1.10 bits per heavy atom. The van der Waals surface area contributed by atoms with Crippen LogP contribution in [0, 0.1) is 11.1 Å². The first kappa shape index (κ1) is 35.9. The number of pyridine rings is 1. The molecule has 11 nitrogen and oxygen atoms in total. The summed E-state index contributed by atoms with van der Waals surface area (Å²) in [5.74, 6) is -0.985. The standard InChI is InChI=1S/C31H31Cl2F2N3O8S2/c1-36(2)28(39)20-4-3-5-21(12-20)48(42,43)38-10-11-47-29(38)30(40)45-26(14-22-23(32)15-37(41)16-24(22)33)19-8-9-25(46-31(34)35)27(13-19)44-17-18-6-7-18/h3-5,8-9,12-13,15-16,18,26,29,31H,6-7,10-11,14,17H2,1-2H3/t26-,29?/m0/s1. The molecule has 1 aliphatic heterocycles. The van der Waals surface area contributed by atoms with Gasteiger partial charge in [0.05, 0.1) is 11.5 Å². The summed E-state index contributed by atoms with van der Waals surface area (Å²) in [4.78, 5) is 27.5. The van der Waals surface area contributed by atoms with E-state index in [1.165, 1.54) is 47.4 Å². The number of aromatic nitrogens is 1. The molecular formula is C31H31Cl2F2N3O8S2. The molecule has 48 heavy (non-hydrogen) atoms. The third-order valence-corrected chi connectivity index (χ3v) is 11.4. The molecule has 0 N–H and O–H groups in total. The van der Waals surface area contributed by atoms with Gasteiger partial charge in [0.15, 0.2) is 29.3 Å². The molecule has 1 aromatic heterocycles. The molecule has 2 aromatic carbocycles. The highest BCUT2D eigenvalue weighted by Crippen LogP contribution is 2.39. The average Bonchev–Trinajstić information content (AvgIpc) is 3.72. The molecule has 17 heteroatoms. The second-order valence-corrected chi connectivity index (χ2v) is 15.2. The van der Waals surface area contributed by atoms with E-state index in [4.69, 9.17) is 32.7 Å². The van der Waals surface area contributed by atoms with Crippen LogP contribution in [0.1, 0.15) is 40.4 Å². The minimum absolute atomic E-state index is 0.00463. The summed E-state index contributed by atoms with van der Waals surface area (Å²) in [5, 5.41) is 10.6. The van der Waals surface area contributed by atoms with E-state index in [1.54, 1.807) is 14.1 Å². The van der Waals surface area contributed by atoms with Gasteiger partial charge in [-0.25, -0.2) is 13.2 Å². The third kappa shape index (κ3) is 8.43. The smallest absolute Gasteiger partial charge is 0.387 e. The lowest BCUT2D eigenvalue weighted by Gasteiger charge is -2.26. The second kappa shape index (κ2) is 15.0. The quantitative estimate of drug-likeness (QED) is 0.130. The number of thioether (sulfide) groups is 1. The molecule has 2 aliphatic rings. The van der Waals surface area contributed by atoms with Crippen LogP contribution in [0.25, 0.3) is 0 Å². The van der Waals surface area contributed by atoms with E-state index in [9.17, 15) is 32.0 Å². The van der Waals surface area contributed by atoms with Crippen LogP contribution in [0.4, 0.5) is 8.78 Å². The molecule has 258 valence electrons. The molecule has 1 unspecified atom stereocenters. The van der Waals surface area contributed by atoms with Crippen molar-refractivity contribution in [2.45, 2.75) is 42.2 Å². The second-order valence-electron chi connectivity index (χ2n) is 11.3. The molecule has 2 atom stereocenters. The van der Waals surface area contributed by atoms with Crippen LogP contribution in [-0.2, 0) is 26.0 Å². The number of sulfonamides is 1. The Bertz CT molecular complexity index is 1770. The minimum atomic E-state index is -4.27. The van der Waals surface area contributed by atoms with Gasteiger partial charge in [-0.05, 0) is 54.7 Å². The molecule has 1 aliphatic carbocycles. The molecular weight excluding hydrogens is 715 g/mol. The monoisotopic (exact) mass is 745 g/mol. The number of hydrogen-bond donors (Lipinski definition) is 0. The summed E-state index contributed by atoms with van der Waals surface area (Å²) < 4.78 is 71.8. The van der Waals surface area contributed by atoms with Crippen molar-refractivity contribution in [3.05, 3.63) is 86.8 Å². The van der Waals surface area contributed by atoms with Crippen LogP contribution in [-0.4, -0.2) is 74.5 Å². The maximum atomic E-state index is 13.8. The number of ether oxygens (including phenoxy) is 3. The van der Waals surface area contributed by atoms with Crippen LogP contribution in [0.5, 0.6) is 11.5 Å². The maximum Gasteiger partial charge on any atom is 0.387 e. The minimum Gasteiger partial charge on any atom is -0.619 e. The number of esters is 1. The maximum absolute atomic E-state index is 13.8. The van der Waals surface area contributed by atoms with E-state index in [2.05, 4.69) is 4.74 Å². The molecule has 3 aromatic rings. The van der Waals surface area contributed by atoms with Crippen LogP contribution >= 0.6 is 35.0 Å². The van der Waals surface area contributed by atoms with Gasteiger partial charge >= 0.3 is 12.6 Å². The Balaban J connectivity index is 1.47. The van der Waals surface area contributed by atoms with Gasteiger partial charge in [-0.2, -0.15) is 17.8 Å². The average molecular weight is 747 g/mol. The van der Waals surface area contributed by atoms with Crippen molar-refractivity contribution in [2.75, 3.05) is 33.0 Å². The van der Waals surface area contributed by atoms with Gasteiger partial charge in [-0.3, -0.25) is 4.79 Å². The summed E-state index contributed by atoms with van der Waals surface area (Å²) in [6.07, 6.45) is 2.66. The summed E-state index contributed by atoms with van der Waals surface area (Å²) in [6.45, 7) is -2.87. The van der Waals surface area contributed by atoms with Crippen molar-refractivity contribution < 1.29 is 45.7 Å². The Kier molecular flexibility index (Phi) is 11.2. The Morgan fingerprint density at radius 3 is 2.46 bits per heavy atom. The fourth-order valence-corrected chi connectivity index (χ4v) is 8.62.